The lowest BCUT2D eigenvalue weighted by Crippen LogP contribution is -2.09. The van der Waals surface area contributed by atoms with Gasteiger partial charge in [0.1, 0.15) is 6.10 Å². The molecule has 1 unspecified atom stereocenters. The van der Waals surface area contributed by atoms with Crippen LogP contribution in [0, 0.1) is 0 Å². The lowest BCUT2D eigenvalue weighted by molar-refractivity contribution is 0.168. The molecule has 0 aliphatic rings. The van der Waals surface area contributed by atoms with Crippen LogP contribution in [0.3, 0.4) is 0 Å². The number of thiazole rings is 1. The number of nitrogens with two attached hydrogens (primary N) is 1. The average Bonchev–Trinajstić information content (AvgIpc) is 2.65. The SMILES string of the molecule is CCOP(=O)(CC(O)c1csc(N)n1)OCC. The lowest BCUT2D eigenvalue weighted by Gasteiger charge is -2.19. The first kappa shape index (κ1) is 14.6. The van der Waals surface area contributed by atoms with E-state index in [-0.39, 0.29) is 19.4 Å². The van der Waals surface area contributed by atoms with E-state index in [1.165, 1.54) is 11.3 Å². The number of hydrogen-bond donors (Lipinski definition) is 2. The summed E-state index contributed by atoms with van der Waals surface area (Å²) in [4.78, 5) is 3.93. The summed E-state index contributed by atoms with van der Waals surface area (Å²) in [6.07, 6.45) is -1.11. The van der Waals surface area contributed by atoms with Crippen LogP contribution in [-0.4, -0.2) is 29.5 Å². The molecule has 3 N–H and O–H groups in total. The van der Waals surface area contributed by atoms with Crippen LogP contribution >= 0.6 is 18.9 Å². The molecule has 6 nitrogen and oxygen atoms in total. The largest absolute Gasteiger partial charge is 0.386 e. The van der Waals surface area contributed by atoms with Crippen molar-refractivity contribution < 1.29 is 18.7 Å². The van der Waals surface area contributed by atoms with Crippen LogP contribution < -0.4 is 5.73 Å². The summed E-state index contributed by atoms with van der Waals surface area (Å²) < 4.78 is 22.3. The third-order valence-electron chi connectivity index (χ3n) is 1.93. The van der Waals surface area contributed by atoms with Gasteiger partial charge in [0.25, 0.3) is 0 Å². The van der Waals surface area contributed by atoms with Gasteiger partial charge in [-0.3, -0.25) is 4.57 Å². The summed E-state index contributed by atoms with van der Waals surface area (Å²) in [6, 6.07) is 0. The molecule has 0 bridgehead atoms. The van der Waals surface area contributed by atoms with Gasteiger partial charge in [-0.05, 0) is 13.8 Å². The highest BCUT2D eigenvalue weighted by molar-refractivity contribution is 7.53. The Balaban J connectivity index is 2.70. The smallest absolute Gasteiger partial charge is 0.333 e. The van der Waals surface area contributed by atoms with Crippen molar-refractivity contribution in [2.45, 2.75) is 20.0 Å². The van der Waals surface area contributed by atoms with E-state index < -0.39 is 13.7 Å². The van der Waals surface area contributed by atoms with Crippen LogP contribution in [0.25, 0.3) is 0 Å². The number of hydrogen-bond acceptors (Lipinski definition) is 7. The van der Waals surface area contributed by atoms with E-state index >= 15 is 0 Å². The standard InChI is InChI=1S/C9H17N2O4PS/c1-3-14-16(13,15-4-2)5-8(12)7-6-17-9(10)11-7/h6,8,12H,3-5H2,1-2H3,(H2,10,11). The van der Waals surface area contributed by atoms with Crippen molar-refractivity contribution in [3.8, 4) is 0 Å². The molecule has 8 heteroatoms. The van der Waals surface area contributed by atoms with E-state index in [0.29, 0.717) is 10.8 Å². The molecule has 0 amide bonds. The summed E-state index contributed by atoms with van der Waals surface area (Å²) >= 11 is 1.22. The van der Waals surface area contributed by atoms with Crippen molar-refractivity contribution in [2.75, 3.05) is 25.1 Å². The summed E-state index contributed by atoms with van der Waals surface area (Å²) in [7, 11) is -3.26. The van der Waals surface area contributed by atoms with E-state index in [9.17, 15) is 9.67 Å². The predicted molar refractivity (Wildman–Crippen MR) is 67.2 cm³/mol. The van der Waals surface area contributed by atoms with E-state index in [1.807, 2.05) is 0 Å². The maximum absolute atomic E-state index is 12.1. The molecule has 98 valence electrons. The van der Waals surface area contributed by atoms with Gasteiger partial charge in [0.05, 0.1) is 25.1 Å². The van der Waals surface area contributed by atoms with E-state index in [0.717, 1.165) is 0 Å². The van der Waals surface area contributed by atoms with Crippen LogP contribution in [-0.2, 0) is 13.6 Å². The van der Waals surface area contributed by atoms with E-state index in [2.05, 4.69) is 4.98 Å². The maximum atomic E-state index is 12.1. The number of aliphatic hydroxyl groups excluding tert-OH is 1. The van der Waals surface area contributed by atoms with Gasteiger partial charge in [-0.15, -0.1) is 11.3 Å². The number of rotatable bonds is 7. The molecule has 0 saturated carbocycles. The summed E-state index contributed by atoms with van der Waals surface area (Å²) in [5, 5.41) is 11.9. The van der Waals surface area contributed by atoms with Crippen LogP contribution in [0.2, 0.25) is 0 Å². The minimum atomic E-state index is -3.26. The van der Waals surface area contributed by atoms with Crippen LogP contribution in [0.1, 0.15) is 25.6 Å². The zero-order valence-electron chi connectivity index (χ0n) is 9.83. The second kappa shape index (κ2) is 6.47. The number of nitrogen functional groups attached to an aromatic ring is 1. The molecule has 1 aromatic rings. The Labute approximate surface area is 104 Å². The van der Waals surface area contributed by atoms with Crippen LogP contribution in [0.15, 0.2) is 5.38 Å². The molecule has 0 aromatic carbocycles. The number of anilines is 1. The molecular weight excluding hydrogens is 263 g/mol. The summed E-state index contributed by atoms with van der Waals surface area (Å²) in [5.74, 6) is 0. The third kappa shape index (κ3) is 4.37. The Morgan fingerprint density at radius 1 is 1.53 bits per heavy atom. The van der Waals surface area contributed by atoms with Gasteiger partial charge >= 0.3 is 7.60 Å². The molecule has 17 heavy (non-hydrogen) atoms. The van der Waals surface area contributed by atoms with Crippen LogP contribution in [0.5, 0.6) is 0 Å². The lowest BCUT2D eigenvalue weighted by atomic mass is 10.3. The summed E-state index contributed by atoms with van der Waals surface area (Å²) in [5.41, 5.74) is 5.86. The van der Waals surface area contributed by atoms with Crippen molar-refractivity contribution in [1.82, 2.24) is 4.98 Å². The summed E-state index contributed by atoms with van der Waals surface area (Å²) in [6.45, 7) is 3.98. The molecule has 1 heterocycles. The number of aliphatic hydroxyl groups is 1. The maximum Gasteiger partial charge on any atom is 0.333 e. The molecule has 1 rings (SSSR count). The molecule has 0 aliphatic heterocycles. The molecule has 0 fully saturated rings. The fraction of sp³-hybridized carbons (Fsp3) is 0.667. The van der Waals surface area contributed by atoms with Gasteiger partial charge in [-0.25, -0.2) is 4.98 Å². The first-order valence-electron chi connectivity index (χ1n) is 5.28. The van der Waals surface area contributed by atoms with Gasteiger partial charge in [0, 0.05) is 5.38 Å². The van der Waals surface area contributed by atoms with E-state index in [1.54, 1.807) is 19.2 Å². The number of aromatic nitrogens is 1. The third-order valence-corrected chi connectivity index (χ3v) is 4.72. The first-order chi connectivity index (χ1) is 8.00. The van der Waals surface area contributed by atoms with Crippen molar-refractivity contribution >= 4 is 24.1 Å². The fourth-order valence-electron chi connectivity index (χ4n) is 1.30. The Kier molecular flexibility index (Phi) is 5.55. The van der Waals surface area contributed by atoms with Crippen molar-refractivity contribution in [1.29, 1.82) is 0 Å². The first-order valence-corrected chi connectivity index (χ1v) is 7.88. The zero-order valence-corrected chi connectivity index (χ0v) is 11.5. The second-order valence-corrected chi connectivity index (χ2v) is 6.25. The van der Waals surface area contributed by atoms with Gasteiger partial charge in [-0.1, -0.05) is 0 Å². The molecular formula is C9H17N2O4PS. The molecule has 0 saturated heterocycles. The molecule has 1 aromatic heterocycles. The van der Waals surface area contributed by atoms with Gasteiger partial charge in [0.2, 0.25) is 0 Å². The van der Waals surface area contributed by atoms with E-state index in [4.69, 9.17) is 14.8 Å². The quantitative estimate of drug-likeness (QED) is 0.742. The Morgan fingerprint density at radius 2 is 2.12 bits per heavy atom. The second-order valence-electron chi connectivity index (χ2n) is 3.26. The number of nitrogens with zero attached hydrogens (tertiary/aromatic N) is 1. The Bertz CT molecular complexity index is 388. The van der Waals surface area contributed by atoms with Gasteiger partial charge in [-0.2, -0.15) is 0 Å². The zero-order chi connectivity index (χ0) is 12.9. The minimum Gasteiger partial charge on any atom is -0.386 e. The van der Waals surface area contributed by atoms with Crippen molar-refractivity contribution in [3.63, 3.8) is 0 Å². The normalized spacial score (nSPS) is 13.8. The topological polar surface area (TPSA) is 94.7 Å². The highest BCUT2D eigenvalue weighted by Crippen LogP contribution is 2.50. The Hall–Kier alpha value is -0.460. The monoisotopic (exact) mass is 280 g/mol. The van der Waals surface area contributed by atoms with Crippen LogP contribution in [0.4, 0.5) is 5.13 Å². The molecule has 1 atom stereocenters. The van der Waals surface area contributed by atoms with Crippen molar-refractivity contribution in [2.24, 2.45) is 0 Å². The molecule has 0 aliphatic carbocycles. The molecule has 0 radical (unpaired) electrons. The average molecular weight is 280 g/mol. The highest BCUT2D eigenvalue weighted by Gasteiger charge is 2.29. The van der Waals surface area contributed by atoms with Gasteiger partial charge < -0.3 is 19.9 Å². The van der Waals surface area contributed by atoms with Crippen molar-refractivity contribution in [3.05, 3.63) is 11.1 Å². The molecule has 0 spiro atoms. The Morgan fingerprint density at radius 3 is 2.53 bits per heavy atom. The minimum absolute atomic E-state index is 0.113. The fourth-order valence-corrected chi connectivity index (χ4v) is 3.59. The van der Waals surface area contributed by atoms with Gasteiger partial charge in [0.15, 0.2) is 5.13 Å². The predicted octanol–water partition coefficient (Wildman–Crippen LogP) is 2.02. The highest BCUT2D eigenvalue weighted by atomic mass is 32.1.